The van der Waals surface area contributed by atoms with Gasteiger partial charge in [-0.05, 0) is 50.9 Å². The molecule has 106 valence electrons. The third-order valence-electron chi connectivity index (χ3n) is 3.32. The SMILES string of the molecule is CC(Cc1ccc2c(c1)NCC(C)O2)NCCCO. The van der Waals surface area contributed by atoms with Gasteiger partial charge in [-0.3, -0.25) is 0 Å². The number of nitrogens with one attached hydrogen (secondary N) is 2. The van der Waals surface area contributed by atoms with E-state index < -0.39 is 0 Å². The molecular weight excluding hydrogens is 240 g/mol. The Morgan fingerprint density at radius 2 is 2.37 bits per heavy atom. The molecule has 4 heteroatoms. The van der Waals surface area contributed by atoms with E-state index in [2.05, 4.69) is 36.6 Å². The van der Waals surface area contributed by atoms with Gasteiger partial charge in [0.25, 0.3) is 0 Å². The predicted octanol–water partition coefficient (Wildman–Crippen LogP) is 1.78. The molecule has 2 atom stereocenters. The maximum atomic E-state index is 8.76. The van der Waals surface area contributed by atoms with E-state index in [4.69, 9.17) is 9.84 Å². The highest BCUT2D eigenvalue weighted by molar-refractivity contribution is 5.59. The molecule has 0 spiro atoms. The van der Waals surface area contributed by atoms with Crippen LogP contribution in [0.3, 0.4) is 0 Å². The zero-order valence-corrected chi connectivity index (χ0v) is 11.8. The van der Waals surface area contributed by atoms with Gasteiger partial charge < -0.3 is 20.5 Å². The van der Waals surface area contributed by atoms with E-state index in [1.54, 1.807) is 0 Å². The van der Waals surface area contributed by atoms with Crippen LogP contribution in [-0.2, 0) is 6.42 Å². The molecule has 2 unspecified atom stereocenters. The van der Waals surface area contributed by atoms with Gasteiger partial charge in [0, 0.05) is 12.6 Å². The van der Waals surface area contributed by atoms with Crippen molar-refractivity contribution in [2.45, 2.75) is 38.8 Å². The lowest BCUT2D eigenvalue weighted by atomic mass is 10.1. The van der Waals surface area contributed by atoms with Crippen molar-refractivity contribution in [3.63, 3.8) is 0 Å². The van der Waals surface area contributed by atoms with E-state index in [9.17, 15) is 0 Å². The fourth-order valence-corrected chi connectivity index (χ4v) is 2.31. The number of ether oxygens (including phenoxy) is 1. The molecule has 1 aromatic carbocycles. The van der Waals surface area contributed by atoms with Crippen molar-refractivity contribution in [3.05, 3.63) is 23.8 Å². The zero-order valence-electron chi connectivity index (χ0n) is 11.8. The highest BCUT2D eigenvalue weighted by Crippen LogP contribution is 2.30. The van der Waals surface area contributed by atoms with Crippen molar-refractivity contribution in [3.8, 4) is 5.75 Å². The van der Waals surface area contributed by atoms with Gasteiger partial charge in [0.15, 0.2) is 0 Å². The topological polar surface area (TPSA) is 53.5 Å². The second kappa shape index (κ2) is 6.78. The average molecular weight is 264 g/mol. The first-order chi connectivity index (χ1) is 9.19. The Morgan fingerprint density at radius 1 is 1.53 bits per heavy atom. The molecule has 1 aromatic rings. The lowest BCUT2D eigenvalue weighted by Gasteiger charge is -2.25. The maximum Gasteiger partial charge on any atom is 0.142 e. The van der Waals surface area contributed by atoms with Crippen molar-refractivity contribution in [2.24, 2.45) is 0 Å². The van der Waals surface area contributed by atoms with Crippen LogP contribution in [0.4, 0.5) is 5.69 Å². The Kier molecular flexibility index (Phi) is 5.05. The molecule has 1 aliphatic heterocycles. The number of anilines is 1. The molecule has 19 heavy (non-hydrogen) atoms. The summed E-state index contributed by atoms with van der Waals surface area (Å²) in [6.45, 7) is 6.21. The number of hydrogen-bond acceptors (Lipinski definition) is 4. The third kappa shape index (κ3) is 4.11. The number of aliphatic hydroxyl groups excluding tert-OH is 1. The number of fused-ring (bicyclic) bond motifs is 1. The molecule has 0 radical (unpaired) electrons. The molecule has 4 nitrogen and oxygen atoms in total. The minimum atomic E-state index is 0.234. The highest BCUT2D eigenvalue weighted by atomic mass is 16.5. The van der Waals surface area contributed by atoms with E-state index in [0.717, 1.165) is 37.4 Å². The molecule has 0 fully saturated rings. The summed E-state index contributed by atoms with van der Waals surface area (Å²) in [6.07, 6.45) is 2.02. The normalized spacial score (nSPS) is 19.2. The Bertz CT molecular complexity index is 409. The van der Waals surface area contributed by atoms with Crippen molar-refractivity contribution < 1.29 is 9.84 Å². The maximum absolute atomic E-state index is 8.76. The number of hydrogen-bond donors (Lipinski definition) is 3. The van der Waals surface area contributed by atoms with Crippen molar-refractivity contribution in [1.29, 1.82) is 0 Å². The number of rotatable bonds is 6. The lowest BCUT2D eigenvalue weighted by molar-refractivity contribution is 0.226. The first-order valence-corrected chi connectivity index (χ1v) is 7.06. The van der Waals surface area contributed by atoms with Crippen LogP contribution in [0, 0.1) is 0 Å². The summed E-state index contributed by atoms with van der Waals surface area (Å²) in [6, 6.07) is 6.76. The minimum Gasteiger partial charge on any atom is -0.487 e. The summed E-state index contributed by atoms with van der Waals surface area (Å²) in [5, 5.41) is 15.6. The molecule has 1 heterocycles. The van der Waals surface area contributed by atoms with Crippen molar-refractivity contribution in [1.82, 2.24) is 5.32 Å². The fraction of sp³-hybridized carbons (Fsp3) is 0.600. The van der Waals surface area contributed by atoms with Crippen LogP contribution in [0.25, 0.3) is 0 Å². The summed E-state index contributed by atoms with van der Waals surface area (Å²) in [5.41, 5.74) is 2.39. The standard InChI is InChI=1S/C15H24N2O2/c1-11(16-6-3-7-18)8-13-4-5-15-14(9-13)17-10-12(2)19-15/h4-5,9,11-12,16-18H,3,6-8,10H2,1-2H3. The molecule has 0 bridgehead atoms. The smallest absolute Gasteiger partial charge is 0.142 e. The summed E-state index contributed by atoms with van der Waals surface area (Å²) >= 11 is 0. The van der Waals surface area contributed by atoms with E-state index in [-0.39, 0.29) is 12.7 Å². The molecule has 0 saturated heterocycles. The molecule has 0 aromatic heterocycles. The van der Waals surface area contributed by atoms with Crippen LogP contribution in [0.1, 0.15) is 25.8 Å². The first kappa shape index (κ1) is 14.2. The summed E-state index contributed by atoms with van der Waals surface area (Å²) < 4.78 is 5.77. The van der Waals surface area contributed by atoms with Crippen molar-refractivity contribution >= 4 is 5.69 Å². The Balaban J connectivity index is 1.91. The molecule has 0 aliphatic carbocycles. The second-order valence-electron chi connectivity index (χ2n) is 5.28. The van der Waals surface area contributed by atoms with E-state index in [0.29, 0.717) is 6.04 Å². The van der Waals surface area contributed by atoms with Gasteiger partial charge in [0.05, 0.1) is 12.2 Å². The first-order valence-electron chi connectivity index (χ1n) is 7.06. The number of benzene rings is 1. The monoisotopic (exact) mass is 264 g/mol. The average Bonchev–Trinajstić information content (AvgIpc) is 2.39. The Labute approximate surface area is 115 Å². The quantitative estimate of drug-likeness (QED) is 0.686. The number of aliphatic hydroxyl groups is 1. The van der Waals surface area contributed by atoms with Crippen LogP contribution < -0.4 is 15.4 Å². The highest BCUT2D eigenvalue weighted by Gasteiger charge is 2.15. The summed E-state index contributed by atoms with van der Waals surface area (Å²) in [4.78, 5) is 0. The molecule has 0 saturated carbocycles. The summed E-state index contributed by atoms with van der Waals surface area (Å²) in [5.74, 6) is 0.948. The van der Waals surface area contributed by atoms with Gasteiger partial charge >= 0.3 is 0 Å². The van der Waals surface area contributed by atoms with Gasteiger partial charge in [-0.15, -0.1) is 0 Å². The van der Waals surface area contributed by atoms with Crippen molar-refractivity contribution in [2.75, 3.05) is 25.0 Å². The van der Waals surface area contributed by atoms with E-state index in [1.165, 1.54) is 5.56 Å². The molecule has 2 rings (SSSR count). The lowest BCUT2D eigenvalue weighted by Crippen LogP contribution is -2.30. The van der Waals surface area contributed by atoms with Crippen LogP contribution in [-0.4, -0.2) is 36.9 Å². The zero-order chi connectivity index (χ0) is 13.7. The molecule has 3 N–H and O–H groups in total. The minimum absolute atomic E-state index is 0.234. The van der Waals surface area contributed by atoms with Crippen LogP contribution in [0.15, 0.2) is 18.2 Å². The Hall–Kier alpha value is -1.26. The fourth-order valence-electron chi connectivity index (χ4n) is 2.31. The largest absolute Gasteiger partial charge is 0.487 e. The van der Waals surface area contributed by atoms with Crippen LogP contribution >= 0.6 is 0 Å². The van der Waals surface area contributed by atoms with Crippen LogP contribution in [0.2, 0.25) is 0 Å². The molecule has 1 aliphatic rings. The van der Waals surface area contributed by atoms with Gasteiger partial charge in [-0.2, -0.15) is 0 Å². The van der Waals surface area contributed by atoms with E-state index >= 15 is 0 Å². The van der Waals surface area contributed by atoms with Gasteiger partial charge in [-0.1, -0.05) is 6.07 Å². The molecule has 0 amide bonds. The van der Waals surface area contributed by atoms with Gasteiger partial charge in [0.2, 0.25) is 0 Å². The van der Waals surface area contributed by atoms with Crippen LogP contribution in [0.5, 0.6) is 5.75 Å². The van der Waals surface area contributed by atoms with Gasteiger partial charge in [-0.25, -0.2) is 0 Å². The predicted molar refractivity (Wildman–Crippen MR) is 77.9 cm³/mol. The van der Waals surface area contributed by atoms with E-state index in [1.807, 2.05) is 6.07 Å². The Morgan fingerprint density at radius 3 is 3.16 bits per heavy atom. The third-order valence-corrected chi connectivity index (χ3v) is 3.32. The molecular formula is C15H24N2O2. The second-order valence-corrected chi connectivity index (χ2v) is 5.28. The summed E-state index contributed by atoms with van der Waals surface area (Å²) in [7, 11) is 0. The van der Waals surface area contributed by atoms with Gasteiger partial charge in [0.1, 0.15) is 11.9 Å².